The Morgan fingerprint density at radius 1 is 1.18 bits per heavy atom. The summed E-state index contributed by atoms with van der Waals surface area (Å²) in [6, 6.07) is 18.1. The Hall–Kier alpha value is -3.08. The molecule has 0 unspecified atom stereocenters. The molecular formula is C23H25N3O2. The van der Waals surface area contributed by atoms with E-state index in [1.54, 1.807) is 0 Å². The number of rotatable bonds is 6. The maximum Gasteiger partial charge on any atom is 0.225 e. The zero-order valence-electron chi connectivity index (χ0n) is 16.0. The van der Waals surface area contributed by atoms with E-state index in [1.807, 2.05) is 66.6 Å². The number of benzene rings is 2. The molecule has 1 aromatic heterocycles. The van der Waals surface area contributed by atoms with Gasteiger partial charge in [-0.15, -0.1) is 0 Å². The van der Waals surface area contributed by atoms with E-state index in [4.69, 9.17) is 0 Å². The third-order valence-electron chi connectivity index (χ3n) is 5.65. The second kappa shape index (κ2) is 7.89. The lowest BCUT2D eigenvalue weighted by Gasteiger charge is -2.25. The van der Waals surface area contributed by atoms with Crippen molar-refractivity contribution in [2.45, 2.75) is 25.8 Å². The van der Waals surface area contributed by atoms with Crippen LogP contribution in [0.5, 0.6) is 0 Å². The molecule has 0 saturated carbocycles. The second-order valence-corrected chi connectivity index (χ2v) is 7.43. The number of carbonyl (C=O) groups is 2. The third-order valence-corrected chi connectivity index (χ3v) is 5.65. The molecule has 5 heteroatoms. The molecule has 3 aromatic rings. The molecular weight excluding hydrogens is 350 g/mol. The molecule has 1 aliphatic heterocycles. The van der Waals surface area contributed by atoms with Crippen molar-refractivity contribution in [1.82, 2.24) is 15.2 Å². The zero-order chi connectivity index (χ0) is 19.5. The Bertz CT molecular complexity index is 980. The van der Waals surface area contributed by atoms with Crippen molar-refractivity contribution in [3.05, 3.63) is 71.9 Å². The summed E-state index contributed by atoms with van der Waals surface area (Å²) in [4.78, 5) is 30.1. The Balaban J connectivity index is 1.32. The molecule has 1 aliphatic rings. The van der Waals surface area contributed by atoms with Gasteiger partial charge in [0.1, 0.15) is 0 Å². The quantitative estimate of drug-likeness (QED) is 0.693. The summed E-state index contributed by atoms with van der Waals surface area (Å²) in [5.41, 5.74) is 3.39. The fourth-order valence-electron chi connectivity index (χ4n) is 4.00. The Labute approximate surface area is 164 Å². The highest BCUT2D eigenvalue weighted by Crippen LogP contribution is 2.28. The van der Waals surface area contributed by atoms with E-state index in [0.29, 0.717) is 13.1 Å². The van der Waals surface area contributed by atoms with E-state index >= 15 is 0 Å². The van der Waals surface area contributed by atoms with Crippen LogP contribution < -0.4 is 5.32 Å². The van der Waals surface area contributed by atoms with Crippen molar-refractivity contribution in [2.24, 2.45) is 5.92 Å². The van der Waals surface area contributed by atoms with Crippen LogP contribution in [-0.2, 0) is 16.0 Å². The monoisotopic (exact) mass is 375 g/mol. The molecule has 2 N–H and O–H groups in total. The van der Waals surface area contributed by atoms with Crippen molar-refractivity contribution < 1.29 is 9.59 Å². The van der Waals surface area contributed by atoms with Gasteiger partial charge in [-0.3, -0.25) is 9.59 Å². The second-order valence-electron chi connectivity index (χ2n) is 7.43. The van der Waals surface area contributed by atoms with E-state index in [0.717, 1.165) is 17.5 Å². The molecule has 2 aromatic carbocycles. The molecule has 1 fully saturated rings. The normalized spacial score (nSPS) is 17.8. The van der Waals surface area contributed by atoms with Crippen molar-refractivity contribution in [3.63, 3.8) is 0 Å². The van der Waals surface area contributed by atoms with Crippen LogP contribution in [-0.4, -0.2) is 34.8 Å². The van der Waals surface area contributed by atoms with E-state index in [1.165, 1.54) is 10.9 Å². The SMILES string of the molecule is C[C@H](c1ccccc1)N1C[C@@H](C(=O)NCCc2c[nH]c3ccccc23)CC1=O. The Morgan fingerprint density at radius 2 is 1.93 bits per heavy atom. The van der Waals surface area contributed by atoms with Crippen LogP contribution in [0.1, 0.15) is 30.5 Å². The topological polar surface area (TPSA) is 65.2 Å². The van der Waals surface area contributed by atoms with Gasteiger partial charge < -0.3 is 15.2 Å². The fraction of sp³-hybridized carbons (Fsp3) is 0.304. The minimum atomic E-state index is -0.276. The van der Waals surface area contributed by atoms with Crippen LogP contribution in [0.3, 0.4) is 0 Å². The van der Waals surface area contributed by atoms with E-state index in [-0.39, 0.29) is 30.2 Å². The van der Waals surface area contributed by atoms with Crippen LogP contribution in [0.4, 0.5) is 0 Å². The highest BCUT2D eigenvalue weighted by molar-refractivity contribution is 5.89. The summed E-state index contributed by atoms with van der Waals surface area (Å²) in [5, 5.41) is 4.21. The molecule has 1 saturated heterocycles. The first kappa shape index (κ1) is 18.3. The Kier molecular flexibility index (Phi) is 5.15. The number of aromatic nitrogens is 1. The Morgan fingerprint density at radius 3 is 2.75 bits per heavy atom. The summed E-state index contributed by atoms with van der Waals surface area (Å²) in [7, 11) is 0. The fourth-order valence-corrected chi connectivity index (χ4v) is 4.00. The van der Waals surface area contributed by atoms with Gasteiger partial charge in [0.15, 0.2) is 0 Å². The van der Waals surface area contributed by atoms with Crippen LogP contribution in [0.2, 0.25) is 0 Å². The number of H-pyrrole nitrogens is 1. The zero-order valence-corrected chi connectivity index (χ0v) is 16.0. The highest BCUT2D eigenvalue weighted by Gasteiger charge is 2.36. The number of carbonyl (C=O) groups excluding carboxylic acids is 2. The lowest BCUT2D eigenvalue weighted by molar-refractivity contribution is -0.130. The summed E-state index contributed by atoms with van der Waals surface area (Å²) in [5.74, 6) is -0.259. The number of hydrogen-bond donors (Lipinski definition) is 2. The maximum absolute atomic E-state index is 12.6. The van der Waals surface area contributed by atoms with Gasteiger partial charge in [0, 0.05) is 36.6 Å². The molecule has 0 spiro atoms. The standard InChI is InChI=1S/C23H25N3O2/c1-16(17-7-3-2-4-8-17)26-15-19(13-22(26)27)23(28)24-12-11-18-14-25-21-10-6-5-9-20(18)21/h2-10,14,16,19,25H,11-13,15H2,1H3,(H,24,28)/t16-,19+/m1/s1. The van der Waals surface area contributed by atoms with Gasteiger partial charge in [0.05, 0.1) is 12.0 Å². The van der Waals surface area contributed by atoms with Gasteiger partial charge in [-0.05, 0) is 30.5 Å². The number of amides is 2. The predicted octanol–water partition coefficient (Wildman–Crippen LogP) is 3.44. The summed E-state index contributed by atoms with van der Waals surface area (Å²) in [6.45, 7) is 3.07. The third kappa shape index (κ3) is 3.65. The van der Waals surface area contributed by atoms with E-state index < -0.39 is 0 Å². The molecule has 144 valence electrons. The average Bonchev–Trinajstić information content (AvgIpc) is 3.32. The first-order valence-corrected chi connectivity index (χ1v) is 9.80. The lowest BCUT2D eigenvalue weighted by atomic mass is 10.1. The highest BCUT2D eigenvalue weighted by atomic mass is 16.2. The van der Waals surface area contributed by atoms with Gasteiger partial charge >= 0.3 is 0 Å². The molecule has 0 bridgehead atoms. The molecule has 2 heterocycles. The van der Waals surface area contributed by atoms with Gasteiger partial charge in [-0.2, -0.15) is 0 Å². The molecule has 4 rings (SSSR count). The van der Waals surface area contributed by atoms with Gasteiger partial charge in [-0.1, -0.05) is 48.5 Å². The van der Waals surface area contributed by atoms with Crippen LogP contribution in [0.15, 0.2) is 60.8 Å². The lowest BCUT2D eigenvalue weighted by Crippen LogP contribution is -2.34. The molecule has 0 radical (unpaired) electrons. The van der Waals surface area contributed by atoms with Crippen molar-refractivity contribution in [1.29, 1.82) is 0 Å². The van der Waals surface area contributed by atoms with Crippen LogP contribution in [0.25, 0.3) is 10.9 Å². The number of para-hydroxylation sites is 1. The number of nitrogens with zero attached hydrogens (tertiary/aromatic N) is 1. The van der Waals surface area contributed by atoms with E-state index in [2.05, 4.69) is 16.4 Å². The number of aromatic amines is 1. The average molecular weight is 375 g/mol. The largest absolute Gasteiger partial charge is 0.361 e. The molecule has 28 heavy (non-hydrogen) atoms. The van der Waals surface area contributed by atoms with Crippen LogP contribution >= 0.6 is 0 Å². The van der Waals surface area contributed by atoms with E-state index in [9.17, 15) is 9.59 Å². The number of fused-ring (bicyclic) bond motifs is 1. The van der Waals surface area contributed by atoms with Gasteiger partial charge in [0.25, 0.3) is 0 Å². The molecule has 2 atom stereocenters. The predicted molar refractivity (Wildman–Crippen MR) is 110 cm³/mol. The summed E-state index contributed by atoms with van der Waals surface area (Å²) >= 11 is 0. The number of likely N-dealkylation sites (tertiary alicyclic amines) is 1. The smallest absolute Gasteiger partial charge is 0.225 e. The molecule has 5 nitrogen and oxygen atoms in total. The summed E-state index contributed by atoms with van der Waals surface area (Å²) < 4.78 is 0. The minimum Gasteiger partial charge on any atom is -0.361 e. The molecule has 2 amide bonds. The van der Waals surface area contributed by atoms with Crippen molar-refractivity contribution >= 4 is 22.7 Å². The summed E-state index contributed by atoms with van der Waals surface area (Å²) in [6.07, 6.45) is 3.05. The first-order chi connectivity index (χ1) is 13.6. The maximum atomic E-state index is 12.6. The van der Waals surface area contributed by atoms with Crippen LogP contribution in [0, 0.1) is 5.92 Å². The van der Waals surface area contributed by atoms with Gasteiger partial charge in [0.2, 0.25) is 11.8 Å². The first-order valence-electron chi connectivity index (χ1n) is 9.80. The number of hydrogen-bond acceptors (Lipinski definition) is 2. The number of nitrogens with one attached hydrogen (secondary N) is 2. The minimum absolute atomic E-state index is 0.0160. The van der Waals surface area contributed by atoms with Crippen molar-refractivity contribution in [3.8, 4) is 0 Å². The van der Waals surface area contributed by atoms with Crippen molar-refractivity contribution in [2.75, 3.05) is 13.1 Å². The molecule has 0 aliphatic carbocycles. The van der Waals surface area contributed by atoms with Gasteiger partial charge in [-0.25, -0.2) is 0 Å².